The van der Waals surface area contributed by atoms with Gasteiger partial charge < -0.3 is 9.88 Å². The molecule has 3 aromatic heterocycles. The number of carbonyl (C=O) groups is 1. The molecule has 0 spiro atoms. The fraction of sp³-hybridized carbons (Fsp3) is 0.333. The minimum absolute atomic E-state index is 0.0627. The van der Waals surface area contributed by atoms with Crippen LogP contribution in [0.25, 0.3) is 22.4 Å². The maximum atomic E-state index is 11.8. The molecule has 0 aromatic carbocycles. The zero-order chi connectivity index (χ0) is 15.3. The third-order valence-corrected chi connectivity index (χ3v) is 3.95. The fourth-order valence-electron chi connectivity index (χ4n) is 2.54. The summed E-state index contributed by atoms with van der Waals surface area (Å²) in [5.41, 5.74) is 1.91. The topological polar surface area (TPSA) is 77.6 Å². The molecule has 0 aliphatic heterocycles. The molecule has 1 fully saturated rings. The zero-order valence-electron chi connectivity index (χ0n) is 12.4. The Hall–Kier alpha value is -2.70. The van der Waals surface area contributed by atoms with E-state index >= 15 is 0 Å². The lowest BCUT2D eigenvalue weighted by atomic mass is 10.3. The number of amides is 1. The molecule has 0 radical (unpaired) electrons. The molecule has 0 bridgehead atoms. The van der Waals surface area contributed by atoms with Crippen molar-refractivity contribution in [1.29, 1.82) is 0 Å². The Morgan fingerprint density at radius 2 is 2.09 bits per heavy atom. The van der Waals surface area contributed by atoms with E-state index < -0.39 is 0 Å². The molecule has 112 valence electrons. The van der Waals surface area contributed by atoms with Crippen LogP contribution in [0.5, 0.6) is 0 Å². The molecule has 1 aliphatic rings. The van der Waals surface area contributed by atoms with Crippen LogP contribution in [0.4, 0.5) is 5.82 Å². The first-order chi connectivity index (χ1) is 10.6. The molecule has 1 N–H and O–H groups in total. The Morgan fingerprint density at radius 3 is 2.77 bits per heavy atom. The van der Waals surface area contributed by atoms with Crippen LogP contribution >= 0.6 is 0 Å². The molecule has 3 heterocycles. The highest BCUT2D eigenvalue weighted by Gasteiger charge is 2.29. The van der Waals surface area contributed by atoms with Crippen molar-refractivity contribution < 1.29 is 4.79 Å². The molecule has 1 saturated carbocycles. The van der Waals surface area contributed by atoms with Gasteiger partial charge in [-0.25, -0.2) is 9.97 Å². The lowest BCUT2D eigenvalue weighted by Gasteiger charge is -2.04. The molecule has 0 atom stereocenters. The number of fused-ring (bicyclic) bond motifs is 1. The number of pyridine rings is 1. The van der Waals surface area contributed by atoms with Crippen LogP contribution in [-0.2, 0) is 18.9 Å². The number of nitrogens with zero attached hydrogens (tertiary/aromatic N) is 5. The molecular formula is C15H16N6O. The van der Waals surface area contributed by atoms with Crippen LogP contribution in [0.2, 0.25) is 0 Å². The van der Waals surface area contributed by atoms with Gasteiger partial charge in [0, 0.05) is 37.7 Å². The number of hydrogen-bond donors (Lipinski definition) is 1. The highest BCUT2D eigenvalue weighted by Crippen LogP contribution is 2.31. The SMILES string of the molecule is Cn1cnc(-c2cc3cnc(NC(=O)C4CC4)cc3n2C)n1. The summed E-state index contributed by atoms with van der Waals surface area (Å²) in [6, 6.07) is 3.90. The fourth-order valence-corrected chi connectivity index (χ4v) is 2.54. The van der Waals surface area contributed by atoms with E-state index in [1.807, 2.05) is 30.8 Å². The Kier molecular flexibility index (Phi) is 2.75. The summed E-state index contributed by atoms with van der Waals surface area (Å²) in [5.74, 6) is 1.49. The van der Waals surface area contributed by atoms with E-state index in [0.717, 1.165) is 29.4 Å². The van der Waals surface area contributed by atoms with Crippen LogP contribution < -0.4 is 5.32 Å². The van der Waals surface area contributed by atoms with Gasteiger partial charge in [0.1, 0.15) is 12.1 Å². The van der Waals surface area contributed by atoms with Crippen LogP contribution in [-0.4, -0.2) is 30.2 Å². The van der Waals surface area contributed by atoms with E-state index in [1.165, 1.54) is 0 Å². The van der Waals surface area contributed by atoms with Crippen molar-refractivity contribution in [2.45, 2.75) is 12.8 Å². The maximum absolute atomic E-state index is 11.8. The van der Waals surface area contributed by atoms with Gasteiger partial charge >= 0.3 is 0 Å². The van der Waals surface area contributed by atoms with Gasteiger partial charge in [-0.05, 0) is 18.9 Å². The van der Waals surface area contributed by atoms with Crippen LogP contribution in [0.1, 0.15) is 12.8 Å². The summed E-state index contributed by atoms with van der Waals surface area (Å²) >= 11 is 0. The van der Waals surface area contributed by atoms with E-state index in [9.17, 15) is 4.79 Å². The van der Waals surface area contributed by atoms with Gasteiger partial charge in [-0.15, -0.1) is 5.10 Å². The predicted octanol–water partition coefficient (Wildman–Crippen LogP) is 1.72. The monoisotopic (exact) mass is 296 g/mol. The van der Waals surface area contributed by atoms with Crippen molar-refractivity contribution in [3.8, 4) is 11.5 Å². The minimum Gasteiger partial charge on any atom is -0.341 e. The number of rotatable bonds is 3. The highest BCUT2D eigenvalue weighted by atomic mass is 16.2. The van der Waals surface area contributed by atoms with Gasteiger partial charge in [0.25, 0.3) is 0 Å². The van der Waals surface area contributed by atoms with Crippen molar-refractivity contribution in [1.82, 2.24) is 24.3 Å². The molecule has 0 saturated heterocycles. The standard InChI is InChI=1S/C15H16N6O/c1-20-8-17-14(19-20)12-5-10-7-16-13(6-11(10)21(12)2)18-15(22)9-3-4-9/h5-9H,3-4H2,1-2H3,(H,16,18,22). The Morgan fingerprint density at radius 1 is 1.27 bits per heavy atom. The molecule has 1 aliphatic carbocycles. The quantitative estimate of drug-likeness (QED) is 0.798. The summed E-state index contributed by atoms with van der Waals surface area (Å²) in [4.78, 5) is 20.4. The largest absolute Gasteiger partial charge is 0.341 e. The van der Waals surface area contributed by atoms with Crippen molar-refractivity contribution in [3.63, 3.8) is 0 Å². The number of aromatic nitrogens is 5. The molecular weight excluding hydrogens is 280 g/mol. The summed E-state index contributed by atoms with van der Waals surface area (Å²) < 4.78 is 3.69. The second-order valence-corrected chi connectivity index (χ2v) is 5.72. The van der Waals surface area contributed by atoms with Gasteiger partial charge in [0.15, 0.2) is 5.82 Å². The van der Waals surface area contributed by atoms with Crippen molar-refractivity contribution in [2.24, 2.45) is 20.0 Å². The van der Waals surface area contributed by atoms with Crippen LogP contribution in [0, 0.1) is 5.92 Å². The van der Waals surface area contributed by atoms with E-state index in [0.29, 0.717) is 11.6 Å². The maximum Gasteiger partial charge on any atom is 0.228 e. The van der Waals surface area contributed by atoms with Crippen molar-refractivity contribution >= 4 is 22.6 Å². The zero-order valence-corrected chi connectivity index (χ0v) is 12.4. The Balaban J connectivity index is 1.73. The summed E-state index contributed by atoms with van der Waals surface area (Å²) in [5, 5.41) is 8.21. The average Bonchev–Trinajstić information content (AvgIpc) is 3.20. The number of anilines is 1. The van der Waals surface area contributed by atoms with E-state index in [4.69, 9.17) is 0 Å². The molecule has 7 heteroatoms. The first-order valence-electron chi connectivity index (χ1n) is 7.24. The van der Waals surface area contributed by atoms with Gasteiger partial charge in [-0.1, -0.05) is 0 Å². The number of carbonyl (C=O) groups excluding carboxylic acids is 1. The average molecular weight is 296 g/mol. The molecule has 22 heavy (non-hydrogen) atoms. The summed E-state index contributed by atoms with van der Waals surface area (Å²) in [7, 11) is 3.80. The third-order valence-electron chi connectivity index (χ3n) is 3.95. The smallest absolute Gasteiger partial charge is 0.228 e. The van der Waals surface area contributed by atoms with Gasteiger partial charge in [-0.3, -0.25) is 9.48 Å². The Labute approximate surface area is 127 Å². The van der Waals surface area contributed by atoms with Gasteiger partial charge in [0.2, 0.25) is 5.91 Å². The first-order valence-corrected chi connectivity index (χ1v) is 7.24. The van der Waals surface area contributed by atoms with Crippen molar-refractivity contribution in [3.05, 3.63) is 24.7 Å². The van der Waals surface area contributed by atoms with Crippen LogP contribution in [0.3, 0.4) is 0 Å². The molecule has 7 nitrogen and oxygen atoms in total. The first kappa shape index (κ1) is 13.0. The predicted molar refractivity (Wildman–Crippen MR) is 82.1 cm³/mol. The van der Waals surface area contributed by atoms with E-state index in [-0.39, 0.29) is 11.8 Å². The molecule has 4 rings (SSSR count). The van der Waals surface area contributed by atoms with Gasteiger partial charge in [0.05, 0.1) is 11.2 Å². The molecule has 0 unspecified atom stereocenters. The minimum atomic E-state index is 0.0627. The number of aryl methyl sites for hydroxylation is 2. The molecule has 1 amide bonds. The summed E-state index contributed by atoms with van der Waals surface area (Å²) in [6.45, 7) is 0. The summed E-state index contributed by atoms with van der Waals surface area (Å²) in [6.07, 6.45) is 5.40. The van der Waals surface area contributed by atoms with Crippen LogP contribution in [0.15, 0.2) is 24.7 Å². The highest BCUT2D eigenvalue weighted by molar-refractivity contribution is 5.95. The lowest BCUT2D eigenvalue weighted by molar-refractivity contribution is -0.117. The Bertz CT molecular complexity index is 873. The second-order valence-electron chi connectivity index (χ2n) is 5.72. The molecule has 3 aromatic rings. The van der Waals surface area contributed by atoms with Crippen molar-refractivity contribution in [2.75, 3.05) is 5.32 Å². The lowest BCUT2D eigenvalue weighted by Crippen LogP contribution is -2.14. The van der Waals surface area contributed by atoms with Gasteiger partial charge in [-0.2, -0.15) is 0 Å². The second kappa shape index (κ2) is 4.66. The van der Waals surface area contributed by atoms with E-state index in [2.05, 4.69) is 20.4 Å². The number of nitrogens with one attached hydrogen (secondary N) is 1. The van der Waals surface area contributed by atoms with E-state index in [1.54, 1.807) is 17.2 Å². The third kappa shape index (κ3) is 2.14. The number of hydrogen-bond acceptors (Lipinski definition) is 4. The normalized spacial score (nSPS) is 14.5.